The minimum atomic E-state index is -0.351. The monoisotopic (exact) mass is 348 g/mol. The Morgan fingerprint density at radius 3 is 2.58 bits per heavy atom. The third-order valence-corrected chi connectivity index (χ3v) is 5.28. The van der Waals surface area contributed by atoms with Gasteiger partial charge in [-0.1, -0.05) is 29.8 Å². The van der Waals surface area contributed by atoms with Crippen LogP contribution in [0.1, 0.15) is 61.1 Å². The summed E-state index contributed by atoms with van der Waals surface area (Å²) < 4.78 is 0. The molecule has 0 N–H and O–H groups in total. The quantitative estimate of drug-likeness (QED) is 0.783. The number of amides is 3. The number of nitrogens with zero attached hydrogens (tertiary/aromatic N) is 2. The van der Waals surface area contributed by atoms with Crippen molar-refractivity contribution in [3.05, 3.63) is 70.3 Å². The van der Waals surface area contributed by atoms with Crippen molar-refractivity contribution >= 4 is 17.7 Å². The van der Waals surface area contributed by atoms with Crippen molar-refractivity contribution < 1.29 is 14.4 Å². The van der Waals surface area contributed by atoms with Crippen LogP contribution in [0.5, 0.6) is 0 Å². The molecule has 132 valence electrons. The molecule has 2 aliphatic rings. The summed E-state index contributed by atoms with van der Waals surface area (Å²) in [4.78, 5) is 40.3. The second-order valence-electron chi connectivity index (χ2n) is 7.00. The molecule has 0 spiro atoms. The third kappa shape index (κ3) is 2.51. The van der Waals surface area contributed by atoms with Gasteiger partial charge in [-0.05, 0) is 43.5 Å². The Morgan fingerprint density at radius 1 is 1.04 bits per heavy atom. The van der Waals surface area contributed by atoms with Crippen LogP contribution in [0.4, 0.5) is 0 Å². The standard InChI is InChI=1S/C21H20N2O3/c1-13-5-3-6-14(11-13)18-7-4-10-23(18)19(24)15-8-9-16-17(12-15)21(26)22(2)20(16)25/h3,5-6,8-9,11-12,18H,4,7,10H2,1-2H3/t18-/m1/s1. The minimum Gasteiger partial charge on any atom is -0.332 e. The number of hydrogen-bond donors (Lipinski definition) is 0. The van der Waals surface area contributed by atoms with E-state index in [0.717, 1.165) is 23.3 Å². The van der Waals surface area contributed by atoms with Gasteiger partial charge in [0.2, 0.25) is 0 Å². The highest BCUT2D eigenvalue weighted by molar-refractivity contribution is 6.21. The number of hydrogen-bond acceptors (Lipinski definition) is 3. The van der Waals surface area contributed by atoms with Gasteiger partial charge in [-0.2, -0.15) is 0 Å². The van der Waals surface area contributed by atoms with E-state index in [4.69, 9.17) is 0 Å². The Hall–Kier alpha value is -2.95. The van der Waals surface area contributed by atoms with Gasteiger partial charge < -0.3 is 4.90 Å². The maximum atomic E-state index is 13.1. The number of rotatable bonds is 2. The molecule has 3 amide bonds. The lowest BCUT2D eigenvalue weighted by Crippen LogP contribution is -2.30. The molecule has 26 heavy (non-hydrogen) atoms. The molecule has 0 bridgehead atoms. The topological polar surface area (TPSA) is 57.7 Å². The molecule has 0 saturated carbocycles. The fourth-order valence-corrected chi connectivity index (χ4v) is 3.89. The summed E-state index contributed by atoms with van der Waals surface area (Å²) in [6, 6.07) is 13.1. The smallest absolute Gasteiger partial charge is 0.261 e. The summed E-state index contributed by atoms with van der Waals surface area (Å²) in [7, 11) is 1.46. The summed E-state index contributed by atoms with van der Waals surface area (Å²) >= 11 is 0. The molecule has 1 fully saturated rings. The van der Waals surface area contributed by atoms with Gasteiger partial charge in [0.1, 0.15) is 0 Å². The predicted molar refractivity (Wildman–Crippen MR) is 97.1 cm³/mol. The van der Waals surface area contributed by atoms with Gasteiger partial charge in [0.15, 0.2) is 0 Å². The Bertz CT molecular complexity index is 935. The SMILES string of the molecule is Cc1cccc([C@H]2CCCN2C(=O)c2ccc3c(c2)C(=O)N(C)C3=O)c1. The van der Waals surface area contributed by atoms with Crippen molar-refractivity contribution in [2.75, 3.05) is 13.6 Å². The Labute approximate surface area is 152 Å². The fourth-order valence-electron chi connectivity index (χ4n) is 3.89. The van der Waals surface area contributed by atoms with Gasteiger partial charge in [-0.15, -0.1) is 0 Å². The van der Waals surface area contributed by atoms with Crippen LogP contribution in [-0.2, 0) is 0 Å². The van der Waals surface area contributed by atoms with Gasteiger partial charge >= 0.3 is 0 Å². The number of fused-ring (bicyclic) bond motifs is 1. The van der Waals surface area contributed by atoms with Crippen molar-refractivity contribution in [3.63, 3.8) is 0 Å². The second-order valence-corrected chi connectivity index (χ2v) is 7.00. The van der Waals surface area contributed by atoms with Crippen LogP contribution in [0.3, 0.4) is 0 Å². The summed E-state index contributed by atoms with van der Waals surface area (Å²) in [5.74, 6) is -0.759. The van der Waals surface area contributed by atoms with Gasteiger partial charge in [0.05, 0.1) is 17.2 Å². The lowest BCUT2D eigenvalue weighted by molar-refractivity contribution is 0.0692. The molecule has 0 aromatic heterocycles. The predicted octanol–water partition coefficient (Wildman–Crippen LogP) is 3.20. The molecular formula is C21H20N2O3. The van der Waals surface area contributed by atoms with Gasteiger partial charge in [0.25, 0.3) is 17.7 Å². The van der Waals surface area contributed by atoms with E-state index in [9.17, 15) is 14.4 Å². The molecular weight excluding hydrogens is 328 g/mol. The van der Waals surface area contributed by atoms with Gasteiger partial charge in [-0.3, -0.25) is 19.3 Å². The Kier molecular flexibility index (Phi) is 3.87. The van der Waals surface area contributed by atoms with Crippen molar-refractivity contribution in [1.82, 2.24) is 9.80 Å². The molecule has 2 heterocycles. The van der Waals surface area contributed by atoms with Crippen LogP contribution in [0.25, 0.3) is 0 Å². The molecule has 2 aliphatic heterocycles. The van der Waals surface area contributed by atoms with Crippen LogP contribution < -0.4 is 0 Å². The summed E-state index contributed by atoms with van der Waals surface area (Å²) in [5, 5.41) is 0. The van der Waals surface area contributed by atoms with E-state index in [1.54, 1.807) is 18.2 Å². The number of imide groups is 1. The highest BCUT2D eigenvalue weighted by atomic mass is 16.2. The van der Waals surface area contributed by atoms with E-state index in [1.807, 2.05) is 24.0 Å². The van der Waals surface area contributed by atoms with Gasteiger partial charge in [-0.25, -0.2) is 0 Å². The van der Waals surface area contributed by atoms with E-state index in [-0.39, 0.29) is 23.8 Å². The average molecular weight is 348 g/mol. The van der Waals surface area contributed by atoms with E-state index < -0.39 is 0 Å². The average Bonchev–Trinajstić information content (AvgIpc) is 3.21. The Morgan fingerprint density at radius 2 is 1.81 bits per heavy atom. The molecule has 0 unspecified atom stereocenters. The number of aryl methyl sites for hydroxylation is 1. The number of likely N-dealkylation sites (tertiary alicyclic amines) is 1. The molecule has 1 atom stereocenters. The van der Waals surface area contributed by atoms with Crippen LogP contribution in [0.15, 0.2) is 42.5 Å². The van der Waals surface area contributed by atoms with E-state index in [1.165, 1.54) is 12.6 Å². The summed E-state index contributed by atoms with van der Waals surface area (Å²) in [6.45, 7) is 2.74. The summed E-state index contributed by atoms with van der Waals surface area (Å²) in [6.07, 6.45) is 1.88. The second kappa shape index (κ2) is 6.09. The molecule has 2 aromatic rings. The highest BCUT2D eigenvalue weighted by Gasteiger charge is 2.35. The molecule has 1 saturated heterocycles. The van der Waals surface area contributed by atoms with E-state index in [0.29, 0.717) is 23.2 Å². The first-order chi connectivity index (χ1) is 12.5. The molecule has 5 nitrogen and oxygen atoms in total. The number of carbonyl (C=O) groups is 3. The van der Waals surface area contributed by atoms with Crippen LogP contribution in [-0.4, -0.2) is 41.1 Å². The number of carbonyl (C=O) groups excluding carboxylic acids is 3. The fraction of sp³-hybridized carbons (Fsp3) is 0.286. The largest absolute Gasteiger partial charge is 0.332 e. The molecule has 0 aliphatic carbocycles. The first-order valence-electron chi connectivity index (χ1n) is 8.81. The van der Waals surface area contributed by atoms with Crippen LogP contribution >= 0.6 is 0 Å². The van der Waals surface area contributed by atoms with Crippen LogP contribution in [0.2, 0.25) is 0 Å². The third-order valence-electron chi connectivity index (χ3n) is 5.28. The zero-order valence-corrected chi connectivity index (χ0v) is 14.9. The first-order valence-corrected chi connectivity index (χ1v) is 8.81. The summed E-state index contributed by atoms with van der Waals surface area (Å²) in [5.41, 5.74) is 3.45. The van der Waals surface area contributed by atoms with E-state index in [2.05, 4.69) is 12.1 Å². The zero-order chi connectivity index (χ0) is 18.4. The highest BCUT2D eigenvalue weighted by Crippen LogP contribution is 2.34. The normalized spacial score (nSPS) is 19.2. The molecule has 5 heteroatoms. The van der Waals surface area contributed by atoms with E-state index >= 15 is 0 Å². The van der Waals surface area contributed by atoms with Crippen molar-refractivity contribution in [3.8, 4) is 0 Å². The minimum absolute atomic E-state index is 0.0515. The Balaban J connectivity index is 1.66. The van der Waals surface area contributed by atoms with Crippen molar-refractivity contribution in [2.45, 2.75) is 25.8 Å². The molecule has 2 aromatic carbocycles. The van der Waals surface area contributed by atoms with Crippen molar-refractivity contribution in [2.24, 2.45) is 0 Å². The van der Waals surface area contributed by atoms with Gasteiger partial charge in [0, 0.05) is 19.2 Å². The maximum Gasteiger partial charge on any atom is 0.261 e. The zero-order valence-electron chi connectivity index (χ0n) is 14.9. The van der Waals surface area contributed by atoms with Crippen molar-refractivity contribution in [1.29, 1.82) is 0 Å². The maximum absolute atomic E-state index is 13.1. The lowest BCUT2D eigenvalue weighted by Gasteiger charge is -2.25. The van der Waals surface area contributed by atoms with Crippen LogP contribution in [0, 0.1) is 6.92 Å². The number of benzene rings is 2. The first kappa shape index (κ1) is 16.5. The lowest BCUT2D eigenvalue weighted by atomic mass is 10.0. The molecule has 4 rings (SSSR count). The molecule has 0 radical (unpaired) electrons.